The number of thiophene rings is 1. The molecule has 5 nitrogen and oxygen atoms in total. The lowest BCUT2D eigenvalue weighted by Gasteiger charge is -2.02. The first-order chi connectivity index (χ1) is 8.43. The van der Waals surface area contributed by atoms with Gasteiger partial charge in [0.1, 0.15) is 4.21 Å². The smallest absolute Gasteiger partial charge is 0.311 e. The first-order valence-electron chi connectivity index (χ1n) is 5.11. The fourth-order valence-corrected chi connectivity index (χ4v) is 3.28. The minimum absolute atomic E-state index is 0.0337. The standard InChI is InChI=1S/C10H13ClO5S2/c1-15-5-2-6-16-9(12)7-8-3-4-10(17-8)18(11,13)14/h3-4H,2,5-7H2,1H3. The number of carbonyl (C=O) groups is 1. The van der Waals surface area contributed by atoms with Crippen molar-refractivity contribution in [3.63, 3.8) is 0 Å². The van der Waals surface area contributed by atoms with Gasteiger partial charge in [0, 0.05) is 35.7 Å². The highest BCUT2D eigenvalue weighted by Gasteiger charge is 2.15. The molecule has 0 spiro atoms. The van der Waals surface area contributed by atoms with Crippen LogP contribution in [0.5, 0.6) is 0 Å². The Labute approximate surface area is 114 Å². The normalized spacial score (nSPS) is 11.4. The van der Waals surface area contributed by atoms with Gasteiger partial charge < -0.3 is 9.47 Å². The highest BCUT2D eigenvalue weighted by atomic mass is 35.7. The summed E-state index contributed by atoms with van der Waals surface area (Å²) in [5.74, 6) is -0.397. The van der Waals surface area contributed by atoms with Crippen molar-refractivity contribution in [1.82, 2.24) is 0 Å². The van der Waals surface area contributed by atoms with Gasteiger partial charge in [-0.3, -0.25) is 4.79 Å². The van der Waals surface area contributed by atoms with Crippen LogP contribution in [0.4, 0.5) is 0 Å². The Hall–Kier alpha value is -0.630. The Morgan fingerprint density at radius 1 is 1.39 bits per heavy atom. The molecule has 0 atom stereocenters. The first-order valence-corrected chi connectivity index (χ1v) is 8.24. The molecule has 1 rings (SSSR count). The molecule has 102 valence electrons. The number of ether oxygens (including phenoxy) is 2. The summed E-state index contributed by atoms with van der Waals surface area (Å²) in [5.41, 5.74) is 0. The molecular formula is C10H13ClO5S2. The van der Waals surface area contributed by atoms with Gasteiger partial charge in [-0.05, 0) is 12.1 Å². The third-order valence-corrected chi connectivity index (χ3v) is 5.13. The Bertz CT molecular complexity index is 494. The van der Waals surface area contributed by atoms with Gasteiger partial charge in [-0.15, -0.1) is 11.3 Å². The second-order valence-corrected chi connectivity index (χ2v) is 7.36. The molecular weight excluding hydrogens is 300 g/mol. The summed E-state index contributed by atoms with van der Waals surface area (Å²) < 4.78 is 31.8. The van der Waals surface area contributed by atoms with Crippen LogP contribution >= 0.6 is 22.0 Å². The summed E-state index contributed by atoms with van der Waals surface area (Å²) in [6.07, 6.45) is 0.679. The molecule has 0 aliphatic rings. The Kier molecular flexibility index (Phi) is 6.07. The molecule has 18 heavy (non-hydrogen) atoms. The van der Waals surface area contributed by atoms with Crippen molar-refractivity contribution in [1.29, 1.82) is 0 Å². The number of hydrogen-bond acceptors (Lipinski definition) is 6. The van der Waals surface area contributed by atoms with Gasteiger partial charge in [0.15, 0.2) is 0 Å². The summed E-state index contributed by atoms with van der Waals surface area (Å²) in [6.45, 7) is 0.819. The zero-order valence-electron chi connectivity index (χ0n) is 9.72. The van der Waals surface area contributed by atoms with E-state index in [0.29, 0.717) is 24.5 Å². The quantitative estimate of drug-likeness (QED) is 0.436. The number of rotatable bonds is 7. The molecule has 0 aliphatic carbocycles. The van der Waals surface area contributed by atoms with Crippen molar-refractivity contribution in [2.45, 2.75) is 17.1 Å². The molecule has 0 aliphatic heterocycles. The van der Waals surface area contributed by atoms with Crippen molar-refractivity contribution in [2.75, 3.05) is 20.3 Å². The molecule has 8 heteroatoms. The molecule has 0 unspecified atom stereocenters. The maximum absolute atomic E-state index is 11.4. The molecule has 1 aromatic heterocycles. The third kappa shape index (κ3) is 5.34. The second kappa shape index (κ2) is 7.08. The summed E-state index contributed by atoms with van der Waals surface area (Å²) in [6, 6.07) is 2.93. The molecule has 1 aromatic rings. The SMILES string of the molecule is COCCCOC(=O)Cc1ccc(S(=O)(=O)Cl)s1. The van der Waals surface area contributed by atoms with Crippen molar-refractivity contribution < 1.29 is 22.7 Å². The average Bonchev–Trinajstić information content (AvgIpc) is 2.72. The number of esters is 1. The fourth-order valence-electron chi connectivity index (χ4n) is 1.17. The summed E-state index contributed by atoms with van der Waals surface area (Å²) in [4.78, 5) is 12.0. The maximum atomic E-state index is 11.4. The van der Waals surface area contributed by atoms with Gasteiger partial charge in [-0.25, -0.2) is 8.42 Å². The van der Waals surface area contributed by atoms with Crippen LogP contribution in [0.1, 0.15) is 11.3 Å². The number of halogens is 1. The van der Waals surface area contributed by atoms with Crippen LogP contribution in [-0.4, -0.2) is 34.7 Å². The molecule has 0 radical (unpaired) electrons. The average molecular weight is 313 g/mol. The van der Waals surface area contributed by atoms with E-state index in [1.807, 2.05) is 0 Å². The van der Waals surface area contributed by atoms with Crippen LogP contribution in [0, 0.1) is 0 Å². The minimum atomic E-state index is -3.72. The molecule has 1 heterocycles. The zero-order valence-corrected chi connectivity index (χ0v) is 12.1. The topological polar surface area (TPSA) is 69.7 Å². The van der Waals surface area contributed by atoms with Crippen molar-refractivity contribution in [3.8, 4) is 0 Å². The van der Waals surface area contributed by atoms with E-state index in [-0.39, 0.29) is 10.6 Å². The monoisotopic (exact) mass is 312 g/mol. The van der Waals surface area contributed by atoms with Crippen LogP contribution in [-0.2, 0) is 29.7 Å². The van der Waals surface area contributed by atoms with Gasteiger partial charge in [0.05, 0.1) is 13.0 Å². The van der Waals surface area contributed by atoms with Crippen molar-refractivity contribution in [3.05, 3.63) is 17.0 Å². The van der Waals surface area contributed by atoms with Crippen LogP contribution in [0.25, 0.3) is 0 Å². The van der Waals surface area contributed by atoms with E-state index in [0.717, 1.165) is 11.3 Å². The van der Waals surface area contributed by atoms with E-state index in [4.69, 9.17) is 20.2 Å². The molecule has 0 N–H and O–H groups in total. The van der Waals surface area contributed by atoms with E-state index in [1.165, 1.54) is 6.07 Å². The van der Waals surface area contributed by atoms with E-state index in [9.17, 15) is 13.2 Å². The Balaban J connectivity index is 2.43. The minimum Gasteiger partial charge on any atom is -0.465 e. The van der Waals surface area contributed by atoms with Crippen molar-refractivity contribution >= 4 is 37.0 Å². The lowest BCUT2D eigenvalue weighted by atomic mass is 10.3. The van der Waals surface area contributed by atoms with E-state index < -0.39 is 15.0 Å². The van der Waals surface area contributed by atoms with Crippen LogP contribution < -0.4 is 0 Å². The van der Waals surface area contributed by atoms with E-state index in [2.05, 4.69) is 0 Å². The maximum Gasteiger partial charge on any atom is 0.311 e. The first kappa shape index (κ1) is 15.4. The molecule has 0 bridgehead atoms. The molecule has 0 aromatic carbocycles. The summed E-state index contributed by atoms with van der Waals surface area (Å²) in [5, 5.41) is 0. The van der Waals surface area contributed by atoms with Gasteiger partial charge in [0.2, 0.25) is 0 Å². The lowest BCUT2D eigenvalue weighted by molar-refractivity contribution is -0.143. The van der Waals surface area contributed by atoms with E-state index in [1.54, 1.807) is 13.2 Å². The lowest BCUT2D eigenvalue weighted by Crippen LogP contribution is -2.09. The summed E-state index contributed by atoms with van der Waals surface area (Å²) in [7, 11) is 3.03. The van der Waals surface area contributed by atoms with Gasteiger partial charge in [0.25, 0.3) is 9.05 Å². The second-order valence-electron chi connectivity index (χ2n) is 3.40. The Morgan fingerprint density at radius 2 is 2.11 bits per heavy atom. The predicted octanol–water partition coefficient (Wildman–Crippen LogP) is 1.80. The number of methoxy groups -OCH3 is 1. The van der Waals surface area contributed by atoms with Crippen LogP contribution in [0.3, 0.4) is 0 Å². The Morgan fingerprint density at radius 3 is 2.67 bits per heavy atom. The third-order valence-electron chi connectivity index (χ3n) is 1.95. The fraction of sp³-hybridized carbons (Fsp3) is 0.500. The number of carbonyl (C=O) groups excluding carboxylic acids is 1. The van der Waals surface area contributed by atoms with Gasteiger partial charge in [-0.1, -0.05) is 0 Å². The molecule has 0 fully saturated rings. The predicted molar refractivity (Wildman–Crippen MR) is 68.5 cm³/mol. The van der Waals surface area contributed by atoms with Gasteiger partial charge >= 0.3 is 5.97 Å². The highest BCUT2D eigenvalue weighted by molar-refractivity contribution is 8.15. The van der Waals surface area contributed by atoms with Gasteiger partial charge in [-0.2, -0.15) is 0 Å². The molecule has 0 saturated heterocycles. The van der Waals surface area contributed by atoms with Crippen LogP contribution in [0.2, 0.25) is 0 Å². The summed E-state index contributed by atoms with van der Waals surface area (Å²) >= 11 is 0.966. The molecule has 0 saturated carbocycles. The highest BCUT2D eigenvalue weighted by Crippen LogP contribution is 2.25. The zero-order chi connectivity index (χ0) is 13.6. The molecule has 0 amide bonds. The van der Waals surface area contributed by atoms with E-state index >= 15 is 0 Å². The number of hydrogen-bond donors (Lipinski definition) is 0. The van der Waals surface area contributed by atoms with Crippen molar-refractivity contribution in [2.24, 2.45) is 0 Å². The van der Waals surface area contributed by atoms with Crippen LogP contribution in [0.15, 0.2) is 16.3 Å². The largest absolute Gasteiger partial charge is 0.465 e.